The van der Waals surface area contributed by atoms with Crippen LogP contribution in [-0.4, -0.2) is 35.6 Å². The van der Waals surface area contributed by atoms with Gasteiger partial charge in [0.1, 0.15) is 0 Å². The van der Waals surface area contributed by atoms with Gasteiger partial charge >= 0.3 is 6.18 Å². The van der Waals surface area contributed by atoms with Crippen molar-refractivity contribution in [1.82, 2.24) is 15.3 Å². The number of rotatable bonds is 4. The summed E-state index contributed by atoms with van der Waals surface area (Å²) < 4.78 is 38.1. The first-order valence-electron chi connectivity index (χ1n) is 8.14. The SMILES string of the molecule is C#CCC1CN(c2nccnc2Nc2ccc(C(F)(F)F)cc2)CCN1. The maximum Gasteiger partial charge on any atom is 0.416 e. The molecule has 26 heavy (non-hydrogen) atoms. The smallest absolute Gasteiger partial charge is 0.351 e. The molecule has 1 aromatic carbocycles. The number of aromatic nitrogens is 2. The number of nitrogens with zero attached hydrogens (tertiary/aromatic N) is 3. The van der Waals surface area contributed by atoms with Crippen LogP contribution in [-0.2, 0) is 6.18 Å². The van der Waals surface area contributed by atoms with Gasteiger partial charge in [0.15, 0.2) is 11.6 Å². The third-order valence-electron chi connectivity index (χ3n) is 4.07. The van der Waals surface area contributed by atoms with Crippen molar-refractivity contribution in [3.8, 4) is 12.3 Å². The highest BCUT2D eigenvalue weighted by molar-refractivity contribution is 5.68. The normalized spacial score (nSPS) is 17.6. The molecule has 0 bridgehead atoms. The molecule has 1 aliphatic heterocycles. The lowest BCUT2D eigenvalue weighted by Crippen LogP contribution is -2.51. The molecule has 3 rings (SSSR count). The predicted octanol–water partition coefficient (Wildman–Crippen LogP) is 3.04. The standard InChI is InChI=1S/C18H18F3N5/c1-2-3-15-12-26(11-10-22-15)17-16(23-8-9-24-17)25-14-6-4-13(5-7-14)18(19,20)21/h1,4-9,15,22H,3,10-12H2,(H,23,25). The van der Waals surface area contributed by atoms with Gasteiger partial charge in [-0.25, -0.2) is 9.97 Å². The summed E-state index contributed by atoms with van der Waals surface area (Å²) in [5, 5.41) is 6.40. The second-order valence-electron chi connectivity index (χ2n) is 5.93. The van der Waals surface area contributed by atoms with Gasteiger partial charge in [0.05, 0.1) is 5.56 Å². The molecule has 1 aromatic heterocycles. The van der Waals surface area contributed by atoms with E-state index in [1.54, 1.807) is 6.20 Å². The highest BCUT2D eigenvalue weighted by Gasteiger charge is 2.30. The number of benzene rings is 1. The second-order valence-corrected chi connectivity index (χ2v) is 5.93. The Morgan fingerprint density at radius 3 is 2.65 bits per heavy atom. The number of anilines is 3. The zero-order valence-corrected chi connectivity index (χ0v) is 13.9. The van der Waals surface area contributed by atoms with Crippen molar-refractivity contribution in [2.45, 2.75) is 18.6 Å². The molecule has 136 valence electrons. The summed E-state index contributed by atoms with van der Waals surface area (Å²) in [5.41, 5.74) is -0.184. The Bertz CT molecular complexity index is 783. The second kappa shape index (κ2) is 7.62. The molecule has 8 heteroatoms. The maximum absolute atomic E-state index is 12.7. The monoisotopic (exact) mass is 361 g/mol. The van der Waals surface area contributed by atoms with Crippen molar-refractivity contribution >= 4 is 17.3 Å². The van der Waals surface area contributed by atoms with Crippen LogP contribution in [0.1, 0.15) is 12.0 Å². The minimum Gasteiger partial charge on any atom is -0.351 e. The van der Waals surface area contributed by atoms with Crippen molar-refractivity contribution in [2.75, 3.05) is 29.9 Å². The molecule has 1 unspecified atom stereocenters. The molecule has 0 aliphatic carbocycles. The van der Waals surface area contributed by atoms with E-state index in [-0.39, 0.29) is 6.04 Å². The fourth-order valence-electron chi connectivity index (χ4n) is 2.83. The van der Waals surface area contributed by atoms with E-state index in [0.29, 0.717) is 30.3 Å². The average molecular weight is 361 g/mol. The number of terminal acetylenes is 1. The molecule has 2 heterocycles. The summed E-state index contributed by atoms with van der Waals surface area (Å²) in [7, 11) is 0. The van der Waals surface area contributed by atoms with Crippen LogP contribution in [0.2, 0.25) is 0 Å². The molecular weight excluding hydrogens is 343 g/mol. The Balaban J connectivity index is 1.78. The number of hydrogen-bond acceptors (Lipinski definition) is 5. The first kappa shape index (κ1) is 18.0. The van der Waals surface area contributed by atoms with Gasteiger partial charge in [-0.3, -0.25) is 0 Å². The van der Waals surface area contributed by atoms with Gasteiger partial charge in [0.2, 0.25) is 0 Å². The quantitative estimate of drug-likeness (QED) is 0.820. The topological polar surface area (TPSA) is 53.1 Å². The third kappa shape index (κ3) is 4.24. The fraction of sp³-hybridized carbons (Fsp3) is 0.333. The molecule has 1 atom stereocenters. The summed E-state index contributed by atoms with van der Waals surface area (Å²) in [4.78, 5) is 10.8. The number of hydrogen-bond donors (Lipinski definition) is 2. The van der Waals surface area contributed by atoms with Crippen molar-refractivity contribution in [2.24, 2.45) is 0 Å². The van der Waals surface area contributed by atoms with Crippen LogP contribution in [0, 0.1) is 12.3 Å². The van der Waals surface area contributed by atoms with Crippen LogP contribution in [0.4, 0.5) is 30.5 Å². The summed E-state index contributed by atoms with van der Waals surface area (Å²) in [6.07, 6.45) is 4.77. The van der Waals surface area contributed by atoms with Gasteiger partial charge in [0, 0.05) is 50.2 Å². The molecule has 5 nitrogen and oxygen atoms in total. The van der Waals surface area contributed by atoms with Crippen LogP contribution >= 0.6 is 0 Å². The van der Waals surface area contributed by atoms with Gasteiger partial charge in [0.25, 0.3) is 0 Å². The Morgan fingerprint density at radius 1 is 1.23 bits per heavy atom. The van der Waals surface area contributed by atoms with E-state index in [2.05, 4.69) is 31.4 Å². The lowest BCUT2D eigenvalue weighted by atomic mass is 10.1. The van der Waals surface area contributed by atoms with E-state index in [4.69, 9.17) is 6.42 Å². The summed E-state index contributed by atoms with van der Waals surface area (Å²) >= 11 is 0. The minimum atomic E-state index is -4.36. The summed E-state index contributed by atoms with van der Waals surface area (Å²) in [6.45, 7) is 2.19. The van der Waals surface area contributed by atoms with Crippen LogP contribution in [0.3, 0.4) is 0 Å². The number of halogens is 3. The highest BCUT2D eigenvalue weighted by atomic mass is 19.4. The molecule has 1 fully saturated rings. The number of piperazine rings is 1. The fourth-order valence-corrected chi connectivity index (χ4v) is 2.83. The van der Waals surface area contributed by atoms with E-state index in [9.17, 15) is 13.2 Å². The molecule has 0 spiro atoms. The zero-order chi connectivity index (χ0) is 18.6. The van der Waals surface area contributed by atoms with Crippen LogP contribution in [0.15, 0.2) is 36.7 Å². The number of nitrogens with one attached hydrogen (secondary N) is 2. The van der Waals surface area contributed by atoms with Crippen molar-refractivity contribution in [1.29, 1.82) is 0 Å². The Hall–Kier alpha value is -2.79. The van der Waals surface area contributed by atoms with E-state index < -0.39 is 11.7 Å². The van der Waals surface area contributed by atoms with E-state index in [1.165, 1.54) is 18.3 Å². The Labute approximate surface area is 149 Å². The van der Waals surface area contributed by atoms with Gasteiger partial charge < -0.3 is 15.5 Å². The molecule has 2 aromatic rings. The molecule has 0 saturated carbocycles. The third-order valence-corrected chi connectivity index (χ3v) is 4.07. The van der Waals surface area contributed by atoms with Crippen molar-refractivity contribution in [3.63, 3.8) is 0 Å². The van der Waals surface area contributed by atoms with Crippen LogP contribution in [0.25, 0.3) is 0 Å². The Kier molecular flexibility index (Phi) is 5.28. The predicted molar refractivity (Wildman–Crippen MR) is 94.2 cm³/mol. The molecule has 0 amide bonds. The van der Waals surface area contributed by atoms with Crippen molar-refractivity contribution < 1.29 is 13.2 Å². The first-order valence-corrected chi connectivity index (χ1v) is 8.14. The number of alkyl halides is 3. The summed E-state index contributed by atoms with van der Waals surface area (Å²) in [6, 6.07) is 4.98. The highest BCUT2D eigenvalue weighted by Crippen LogP contribution is 2.31. The van der Waals surface area contributed by atoms with Gasteiger partial charge in [-0.2, -0.15) is 13.2 Å². The summed E-state index contributed by atoms with van der Waals surface area (Å²) in [5.74, 6) is 3.79. The zero-order valence-electron chi connectivity index (χ0n) is 13.9. The van der Waals surface area contributed by atoms with Gasteiger partial charge in [-0.05, 0) is 24.3 Å². The first-order chi connectivity index (χ1) is 12.5. The molecule has 1 aliphatic rings. The average Bonchev–Trinajstić information content (AvgIpc) is 2.62. The molecule has 2 N–H and O–H groups in total. The molecular formula is C18H18F3N5. The van der Waals surface area contributed by atoms with E-state index in [0.717, 1.165) is 25.2 Å². The van der Waals surface area contributed by atoms with Crippen molar-refractivity contribution in [3.05, 3.63) is 42.2 Å². The lowest BCUT2D eigenvalue weighted by molar-refractivity contribution is -0.137. The maximum atomic E-state index is 12.7. The van der Waals surface area contributed by atoms with Gasteiger partial charge in [-0.15, -0.1) is 12.3 Å². The van der Waals surface area contributed by atoms with Crippen LogP contribution < -0.4 is 15.5 Å². The largest absolute Gasteiger partial charge is 0.416 e. The van der Waals surface area contributed by atoms with E-state index >= 15 is 0 Å². The van der Waals surface area contributed by atoms with Crippen LogP contribution in [0.5, 0.6) is 0 Å². The Morgan fingerprint density at radius 2 is 1.96 bits per heavy atom. The molecule has 0 radical (unpaired) electrons. The minimum absolute atomic E-state index is 0.162. The molecule has 1 saturated heterocycles. The van der Waals surface area contributed by atoms with Gasteiger partial charge in [-0.1, -0.05) is 0 Å². The van der Waals surface area contributed by atoms with E-state index in [1.807, 2.05) is 0 Å². The lowest BCUT2D eigenvalue weighted by Gasteiger charge is -2.34.